The van der Waals surface area contributed by atoms with Crippen molar-refractivity contribution >= 4 is 15.9 Å². The Kier molecular flexibility index (Phi) is 7.38. The number of amides is 1. The quantitative estimate of drug-likeness (QED) is 0.662. The van der Waals surface area contributed by atoms with Crippen LogP contribution in [0.3, 0.4) is 0 Å². The molecular weight excluding hydrogens is 406 g/mol. The summed E-state index contributed by atoms with van der Waals surface area (Å²) in [7, 11) is -2.41. The Balaban J connectivity index is 1.68. The number of piperidine rings is 1. The molecule has 2 saturated heterocycles. The lowest BCUT2D eigenvalue weighted by Gasteiger charge is -2.38. The molecular formula is C21H33N3O5S. The fourth-order valence-corrected chi connectivity index (χ4v) is 6.07. The Bertz CT molecular complexity index is 830. The van der Waals surface area contributed by atoms with Gasteiger partial charge in [-0.15, -0.1) is 0 Å². The van der Waals surface area contributed by atoms with Crippen LogP contribution in [0.2, 0.25) is 0 Å². The molecule has 3 unspecified atom stereocenters. The van der Waals surface area contributed by atoms with Crippen LogP contribution >= 0.6 is 0 Å². The number of carbonyl (C=O) groups excluding carboxylic acids is 1. The molecule has 4 atom stereocenters. The van der Waals surface area contributed by atoms with E-state index in [1.54, 1.807) is 12.1 Å². The predicted molar refractivity (Wildman–Crippen MR) is 114 cm³/mol. The molecule has 8 nitrogen and oxygen atoms in total. The summed E-state index contributed by atoms with van der Waals surface area (Å²) in [4.78, 5) is 15.3. The van der Waals surface area contributed by atoms with E-state index >= 15 is 0 Å². The van der Waals surface area contributed by atoms with E-state index in [0.29, 0.717) is 18.3 Å². The first kappa shape index (κ1) is 23.0. The van der Waals surface area contributed by atoms with Crippen LogP contribution in [0.15, 0.2) is 29.2 Å². The van der Waals surface area contributed by atoms with Gasteiger partial charge in [-0.05, 0) is 57.5 Å². The first-order chi connectivity index (χ1) is 14.2. The minimum absolute atomic E-state index is 0.0747. The van der Waals surface area contributed by atoms with Crippen LogP contribution in [-0.4, -0.2) is 79.6 Å². The summed E-state index contributed by atoms with van der Waals surface area (Å²) in [6, 6.07) is 5.76. The lowest BCUT2D eigenvalue weighted by Crippen LogP contribution is -2.51. The first-order valence-electron chi connectivity index (χ1n) is 10.6. The van der Waals surface area contributed by atoms with Gasteiger partial charge in [-0.3, -0.25) is 9.69 Å². The summed E-state index contributed by atoms with van der Waals surface area (Å²) in [5.74, 6) is 0.186. The van der Waals surface area contributed by atoms with E-state index in [0.717, 1.165) is 23.7 Å². The molecule has 3 rings (SSSR count). The molecule has 0 aliphatic carbocycles. The van der Waals surface area contributed by atoms with Gasteiger partial charge in [-0.2, -0.15) is 4.31 Å². The van der Waals surface area contributed by atoms with Gasteiger partial charge in [0.1, 0.15) is 11.8 Å². The monoisotopic (exact) mass is 439 g/mol. The fraction of sp³-hybridized carbons (Fsp3) is 0.667. The van der Waals surface area contributed by atoms with Gasteiger partial charge in [0.25, 0.3) is 0 Å². The van der Waals surface area contributed by atoms with Crippen LogP contribution in [-0.2, 0) is 14.8 Å². The topological polar surface area (TPSA) is 99.2 Å². The van der Waals surface area contributed by atoms with E-state index < -0.39 is 22.2 Å². The summed E-state index contributed by atoms with van der Waals surface area (Å²) in [6.07, 6.45) is 2.77. The molecule has 1 amide bonds. The van der Waals surface area contributed by atoms with Crippen molar-refractivity contribution < 1.29 is 23.1 Å². The van der Waals surface area contributed by atoms with Gasteiger partial charge in [-0.25, -0.2) is 8.42 Å². The molecule has 2 fully saturated rings. The number of methoxy groups -OCH3 is 1. The molecule has 2 aliphatic heterocycles. The average molecular weight is 440 g/mol. The number of sulfonamides is 1. The van der Waals surface area contributed by atoms with Gasteiger partial charge in [0.15, 0.2) is 0 Å². The maximum Gasteiger partial charge on any atom is 0.243 e. The third kappa shape index (κ3) is 4.96. The lowest BCUT2D eigenvalue weighted by molar-refractivity contribution is -0.124. The summed E-state index contributed by atoms with van der Waals surface area (Å²) in [6.45, 7) is 5.65. The van der Waals surface area contributed by atoms with Gasteiger partial charge in [0.05, 0.1) is 18.1 Å². The van der Waals surface area contributed by atoms with Crippen LogP contribution in [0.1, 0.15) is 39.5 Å². The number of aliphatic hydroxyl groups is 1. The molecule has 0 saturated carbocycles. The average Bonchev–Trinajstić information content (AvgIpc) is 3.15. The highest BCUT2D eigenvalue weighted by molar-refractivity contribution is 7.89. The zero-order chi connectivity index (χ0) is 21.9. The first-order valence-corrected chi connectivity index (χ1v) is 12.1. The summed E-state index contributed by atoms with van der Waals surface area (Å²) >= 11 is 0. The Morgan fingerprint density at radius 3 is 2.63 bits per heavy atom. The Labute approximate surface area is 179 Å². The largest absolute Gasteiger partial charge is 0.497 e. The van der Waals surface area contributed by atoms with Crippen LogP contribution in [0, 0.1) is 0 Å². The number of ether oxygens (including phenoxy) is 1. The maximum absolute atomic E-state index is 13.1. The SMILES string of the molecule is COc1ccc(S(=O)(=O)N2CC(O)C[C@H]2C(=O)NCC(C)N2CCCCC2C)cc1. The zero-order valence-corrected chi connectivity index (χ0v) is 18.8. The van der Waals surface area contributed by atoms with Crippen molar-refractivity contribution in [3.05, 3.63) is 24.3 Å². The Morgan fingerprint density at radius 2 is 2.00 bits per heavy atom. The van der Waals surface area contributed by atoms with Gasteiger partial charge in [-0.1, -0.05) is 6.42 Å². The minimum Gasteiger partial charge on any atom is -0.497 e. The minimum atomic E-state index is -3.91. The van der Waals surface area contributed by atoms with Crippen LogP contribution < -0.4 is 10.1 Å². The summed E-state index contributed by atoms with van der Waals surface area (Å²) in [5.41, 5.74) is 0. The molecule has 0 bridgehead atoms. The number of nitrogens with one attached hydrogen (secondary N) is 1. The van der Waals surface area contributed by atoms with E-state index in [1.807, 2.05) is 0 Å². The highest BCUT2D eigenvalue weighted by Crippen LogP contribution is 2.28. The molecule has 2 aliphatic rings. The van der Waals surface area contributed by atoms with Crippen molar-refractivity contribution in [1.82, 2.24) is 14.5 Å². The number of carbonyl (C=O) groups is 1. The number of β-amino-alcohol motifs (C(OH)–C–C–N with tert-alkyl or cyclic N) is 1. The van der Waals surface area contributed by atoms with Crippen molar-refractivity contribution in [1.29, 1.82) is 0 Å². The molecule has 9 heteroatoms. The van der Waals surface area contributed by atoms with E-state index in [9.17, 15) is 18.3 Å². The van der Waals surface area contributed by atoms with E-state index in [-0.39, 0.29) is 29.8 Å². The van der Waals surface area contributed by atoms with Gasteiger partial charge in [0.2, 0.25) is 15.9 Å². The molecule has 2 N–H and O–H groups in total. The van der Waals surface area contributed by atoms with E-state index in [4.69, 9.17) is 4.74 Å². The highest BCUT2D eigenvalue weighted by atomic mass is 32.2. The van der Waals surface area contributed by atoms with Crippen LogP contribution in [0.5, 0.6) is 5.75 Å². The van der Waals surface area contributed by atoms with Crippen LogP contribution in [0.4, 0.5) is 0 Å². The molecule has 168 valence electrons. The number of benzene rings is 1. The number of rotatable bonds is 7. The zero-order valence-electron chi connectivity index (χ0n) is 18.0. The molecule has 0 spiro atoms. The Hall–Kier alpha value is -1.68. The van der Waals surface area contributed by atoms with E-state index in [2.05, 4.69) is 24.1 Å². The van der Waals surface area contributed by atoms with Gasteiger partial charge >= 0.3 is 0 Å². The van der Waals surface area contributed by atoms with Crippen molar-refractivity contribution in [3.8, 4) is 5.75 Å². The normalized spacial score (nSPS) is 27.0. The number of hydrogen-bond acceptors (Lipinski definition) is 6. The molecule has 0 aromatic heterocycles. The molecule has 0 radical (unpaired) electrons. The Morgan fingerprint density at radius 1 is 1.30 bits per heavy atom. The van der Waals surface area contributed by atoms with Gasteiger partial charge in [0, 0.05) is 31.6 Å². The molecule has 30 heavy (non-hydrogen) atoms. The molecule has 1 aromatic carbocycles. The van der Waals surface area contributed by atoms with Crippen LogP contribution in [0.25, 0.3) is 0 Å². The molecule has 1 aromatic rings. The third-order valence-electron chi connectivity index (χ3n) is 6.19. The standard InChI is InChI=1S/C21H33N3O5S/c1-15-6-4-5-11-23(15)16(2)13-22-21(26)20-12-17(25)14-24(20)30(27,28)19-9-7-18(29-3)8-10-19/h7-10,15-17,20,25H,4-6,11-14H2,1-3H3,(H,22,26)/t15?,16?,17?,20-/m0/s1. The fourth-order valence-electron chi connectivity index (χ4n) is 4.43. The number of likely N-dealkylation sites (tertiary alicyclic amines) is 1. The predicted octanol–water partition coefficient (Wildman–Crippen LogP) is 1.20. The second-order valence-electron chi connectivity index (χ2n) is 8.33. The number of nitrogens with zero attached hydrogens (tertiary/aromatic N) is 2. The lowest BCUT2D eigenvalue weighted by atomic mass is 10.0. The summed E-state index contributed by atoms with van der Waals surface area (Å²) < 4.78 is 32.4. The smallest absolute Gasteiger partial charge is 0.243 e. The van der Waals surface area contributed by atoms with Crippen molar-refractivity contribution in [3.63, 3.8) is 0 Å². The summed E-state index contributed by atoms with van der Waals surface area (Å²) in [5, 5.41) is 13.0. The van der Waals surface area contributed by atoms with Gasteiger partial charge < -0.3 is 15.2 Å². The van der Waals surface area contributed by atoms with E-state index in [1.165, 1.54) is 25.7 Å². The molecule has 2 heterocycles. The number of hydrogen-bond donors (Lipinski definition) is 2. The second kappa shape index (κ2) is 9.64. The van der Waals surface area contributed by atoms with Crippen molar-refractivity contribution in [2.24, 2.45) is 0 Å². The second-order valence-corrected chi connectivity index (χ2v) is 10.2. The van der Waals surface area contributed by atoms with Crippen molar-refractivity contribution in [2.75, 3.05) is 26.7 Å². The number of aliphatic hydroxyl groups excluding tert-OH is 1. The maximum atomic E-state index is 13.1. The highest BCUT2D eigenvalue weighted by Gasteiger charge is 2.43. The van der Waals surface area contributed by atoms with Crippen molar-refractivity contribution in [2.45, 2.75) is 68.7 Å². The third-order valence-corrected chi connectivity index (χ3v) is 8.08.